The number of hydrogen-bond acceptors (Lipinski definition) is 5. The lowest BCUT2D eigenvalue weighted by Crippen LogP contribution is -2.49. The van der Waals surface area contributed by atoms with Crippen LogP contribution in [-0.2, 0) is 14.8 Å². The van der Waals surface area contributed by atoms with Crippen LogP contribution in [0.2, 0.25) is 0 Å². The molecule has 8 heteroatoms. The molecule has 6 nitrogen and oxygen atoms in total. The predicted octanol–water partition coefficient (Wildman–Crippen LogP) is 1.35. The largest absolute Gasteiger partial charge is 0.377 e. The zero-order valence-electron chi connectivity index (χ0n) is 12.4. The Kier molecular flexibility index (Phi) is 4.44. The van der Waals surface area contributed by atoms with E-state index >= 15 is 0 Å². The van der Waals surface area contributed by atoms with Gasteiger partial charge in [0.05, 0.1) is 15.4 Å². The Morgan fingerprint density at radius 3 is 2.71 bits per heavy atom. The lowest BCUT2D eigenvalue weighted by atomic mass is 9.94. The number of amides is 1. The van der Waals surface area contributed by atoms with Gasteiger partial charge in [0.2, 0.25) is 10.0 Å². The number of rotatable bonds is 3. The molecule has 1 amide bonds. The summed E-state index contributed by atoms with van der Waals surface area (Å²) in [6.07, 6.45) is 1.77. The van der Waals surface area contributed by atoms with Crippen molar-refractivity contribution >= 4 is 27.3 Å². The van der Waals surface area contributed by atoms with Crippen molar-refractivity contribution in [2.24, 2.45) is 5.14 Å². The Labute approximate surface area is 128 Å². The molecular weight excluding hydrogens is 312 g/mol. The molecule has 1 aromatic heterocycles. The number of nitrogens with zero attached hydrogens (tertiary/aromatic N) is 1. The summed E-state index contributed by atoms with van der Waals surface area (Å²) in [5.41, 5.74) is -0.344. The van der Waals surface area contributed by atoms with E-state index in [0.29, 0.717) is 22.8 Å². The topological polar surface area (TPSA) is 89.7 Å². The van der Waals surface area contributed by atoms with Gasteiger partial charge < -0.3 is 9.64 Å². The molecule has 0 aromatic carbocycles. The van der Waals surface area contributed by atoms with Crippen molar-refractivity contribution in [3.8, 4) is 0 Å². The number of primary sulfonamides is 1. The number of piperidine rings is 1. The summed E-state index contributed by atoms with van der Waals surface area (Å²) in [5, 5.41) is 5.15. The van der Waals surface area contributed by atoms with Crippen LogP contribution < -0.4 is 5.14 Å². The zero-order valence-corrected chi connectivity index (χ0v) is 14.0. The number of ether oxygens (including phenoxy) is 1. The number of nitrogens with two attached hydrogens (primary N) is 1. The lowest BCUT2D eigenvalue weighted by molar-refractivity contribution is -0.0439. The highest BCUT2D eigenvalue weighted by atomic mass is 32.2. The summed E-state index contributed by atoms with van der Waals surface area (Å²) in [6, 6.07) is 1.37. The molecule has 2 heterocycles. The monoisotopic (exact) mass is 332 g/mol. The first kappa shape index (κ1) is 16.4. The summed E-state index contributed by atoms with van der Waals surface area (Å²) in [4.78, 5) is 15.2. The highest BCUT2D eigenvalue weighted by Crippen LogP contribution is 2.29. The quantitative estimate of drug-likeness (QED) is 0.904. The van der Waals surface area contributed by atoms with E-state index < -0.39 is 10.0 Å². The van der Waals surface area contributed by atoms with Crippen molar-refractivity contribution in [1.29, 1.82) is 0 Å². The molecule has 2 N–H and O–H groups in total. The van der Waals surface area contributed by atoms with Crippen molar-refractivity contribution in [1.82, 2.24) is 4.90 Å². The Hall–Kier alpha value is -0.960. The van der Waals surface area contributed by atoms with Crippen molar-refractivity contribution in [3.05, 3.63) is 15.8 Å². The molecule has 118 valence electrons. The molecule has 0 aliphatic carbocycles. The normalized spacial score (nSPS) is 23.3. The van der Waals surface area contributed by atoms with Gasteiger partial charge in [-0.15, -0.1) is 11.3 Å². The highest BCUT2D eigenvalue weighted by molar-refractivity contribution is 7.89. The maximum absolute atomic E-state index is 12.5. The molecule has 1 atom stereocenters. The summed E-state index contributed by atoms with van der Waals surface area (Å²) in [6.45, 7) is 4.78. The number of sulfonamides is 1. The van der Waals surface area contributed by atoms with E-state index in [1.165, 1.54) is 6.07 Å². The first-order valence-corrected chi connectivity index (χ1v) is 9.00. The highest BCUT2D eigenvalue weighted by Gasteiger charge is 2.34. The number of aryl methyl sites for hydroxylation is 1. The third kappa shape index (κ3) is 3.45. The van der Waals surface area contributed by atoms with E-state index in [0.717, 1.165) is 24.2 Å². The lowest BCUT2D eigenvalue weighted by Gasteiger charge is -2.39. The van der Waals surface area contributed by atoms with Crippen molar-refractivity contribution in [2.45, 2.75) is 37.2 Å². The number of thiophene rings is 1. The summed E-state index contributed by atoms with van der Waals surface area (Å²) in [7, 11) is -2.15. The molecule has 1 unspecified atom stereocenters. The van der Waals surface area contributed by atoms with Gasteiger partial charge in [0, 0.05) is 25.1 Å². The molecule has 1 aliphatic rings. The fourth-order valence-electron chi connectivity index (χ4n) is 2.55. The number of likely N-dealkylation sites (tertiary alicyclic amines) is 1. The van der Waals surface area contributed by atoms with Crippen LogP contribution in [0.3, 0.4) is 0 Å². The van der Waals surface area contributed by atoms with Crippen LogP contribution in [0.1, 0.15) is 34.3 Å². The maximum atomic E-state index is 12.5. The van der Waals surface area contributed by atoms with E-state index in [1.54, 1.807) is 18.9 Å². The third-order valence-corrected chi connectivity index (χ3v) is 6.03. The van der Waals surface area contributed by atoms with E-state index in [9.17, 15) is 13.2 Å². The zero-order chi connectivity index (χ0) is 15.8. The predicted molar refractivity (Wildman–Crippen MR) is 81.0 cm³/mol. The van der Waals surface area contributed by atoms with Gasteiger partial charge in [0.25, 0.3) is 5.91 Å². The van der Waals surface area contributed by atoms with Gasteiger partial charge in [-0.25, -0.2) is 13.6 Å². The van der Waals surface area contributed by atoms with E-state index in [-0.39, 0.29) is 16.4 Å². The van der Waals surface area contributed by atoms with Crippen molar-refractivity contribution in [2.75, 3.05) is 20.2 Å². The second-order valence-electron chi connectivity index (χ2n) is 5.56. The summed E-state index contributed by atoms with van der Waals surface area (Å²) in [5.74, 6) is -0.166. The van der Waals surface area contributed by atoms with Gasteiger partial charge in [0.15, 0.2) is 0 Å². The van der Waals surface area contributed by atoms with Crippen LogP contribution >= 0.6 is 11.3 Å². The van der Waals surface area contributed by atoms with Gasteiger partial charge in [-0.05, 0) is 32.8 Å². The fraction of sp³-hybridized carbons (Fsp3) is 0.615. The Morgan fingerprint density at radius 1 is 1.52 bits per heavy atom. The number of carbonyl (C=O) groups excluding carboxylic acids is 1. The maximum Gasteiger partial charge on any atom is 0.264 e. The van der Waals surface area contributed by atoms with Gasteiger partial charge in [-0.1, -0.05) is 0 Å². The molecule has 1 fully saturated rings. The SMILES string of the molecule is COC1(C)CCCN(C(=O)c2cc(S(N)(=O)=O)c(C)s2)C1. The summed E-state index contributed by atoms with van der Waals surface area (Å²) < 4.78 is 28.4. The van der Waals surface area contributed by atoms with E-state index in [2.05, 4.69) is 0 Å². The Balaban J connectivity index is 2.25. The Morgan fingerprint density at radius 2 is 2.19 bits per heavy atom. The summed E-state index contributed by atoms with van der Waals surface area (Å²) >= 11 is 1.16. The minimum absolute atomic E-state index is 0.0300. The van der Waals surface area contributed by atoms with Crippen LogP contribution in [0.5, 0.6) is 0 Å². The first-order chi connectivity index (χ1) is 9.66. The van der Waals surface area contributed by atoms with Gasteiger partial charge in [-0.2, -0.15) is 0 Å². The minimum Gasteiger partial charge on any atom is -0.377 e. The Bertz CT molecular complexity index is 653. The van der Waals surface area contributed by atoms with Gasteiger partial charge in [-0.3, -0.25) is 4.79 Å². The number of hydrogen-bond donors (Lipinski definition) is 1. The van der Waals surface area contributed by atoms with Gasteiger partial charge in [0.1, 0.15) is 0 Å². The average molecular weight is 332 g/mol. The standard InChI is InChI=1S/C13H20N2O4S2/c1-9-11(21(14,17)18)7-10(20-9)12(16)15-6-4-5-13(2,8-15)19-3/h7H,4-6,8H2,1-3H3,(H2,14,17,18). The van der Waals surface area contributed by atoms with Crippen molar-refractivity contribution in [3.63, 3.8) is 0 Å². The molecule has 1 aromatic rings. The molecule has 1 saturated heterocycles. The van der Waals surface area contributed by atoms with Crippen LogP contribution in [0, 0.1) is 6.92 Å². The van der Waals surface area contributed by atoms with Crippen LogP contribution in [0.4, 0.5) is 0 Å². The molecule has 0 radical (unpaired) electrons. The van der Waals surface area contributed by atoms with Crippen LogP contribution in [0.25, 0.3) is 0 Å². The third-order valence-electron chi connectivity index (χ3n) is 3.83. The average Bonchev–Trinajstić information content (AvgIpc) is 2.80. The van der Waals surface area contributed by atoms with Gasteiger partial charge >= 0.3 is 0 Å². The number of carbonyl (C=O) groups is 1. The van der Waals surface area contributed by atoms with Crippen molar-refractivity contribution < 1.29 is 17.9 Å². The molecule has 2 rings (SSSR count). The van der Waals surface area contributed by atoms with Crippen LogP contribution in [-0.4, -0.2) is 45.0 Å². The molecule has 0 spiro atoms. The second-order valence-corrected chi connectivity index (χ2v) is 8.35. The first-order valence-electron chi connectivity index (χ1n) is 6.64. The second kappa shape index (κ2) is 5.68. The molecule has 0 bridgehead atoms. The van der Waals surface area contributed by atoms with Crippen LogP contribution in [0.15, 0.2) is 11.0 Å². The molecule has 0 saturated carbocycles. The fourth-order valence-corrected chi connectivity index (χ4v) is 4.67. The van der Waals surface area contributed by atoms with E-state index in [4.69, 9.17) is 9.88 Å². The minimum atomic E-state index is -3.79. The smallest absolute Gasteiger partial charge is 0.264 e. The van der Waals surface area contributed by atoms with E-state index in [1.807, 2.05) is 6.92 Å². The molecule has 1 aliphatic heterocycles. The molecular formula is C13H20N2O4S2. The molecule has 21 heavy (non-hydrogen) atoms. The number of methoxy groups -OCH3 is 1.